The molecule has 1 fully saturated rings. The zero-order valence-corrected chi connectivity index (χ0v) is 18.0. The largest absolute Gasteiger partial charge is 0.494 e. The van der Waals surface area contributed by atoms with Gasteiger partial charge in [-0.2, -0.15) is 0 Å². The maximum absolute atomic E-state index is 13.7. The highest BCUT2D eigenvalue weighted by Crippen LogP contribution is 2.32. The second-order valence-electron chi connectivity index (χ2n) is 7.25. The Morgan fingerprint density at radius 3 is 2.97 bits per heavy atom. The number of benzene rings is 1. The van der Waals surface area contributed by atoms with E-state index in [9.17, 15) is 4.39 Å². The molecule has 1 aromatic carbocycles. The van der Waals surface area contributed by atoms with Crippen LogP contribution >= 0.6 is 11.8 Å². The molecule has 0 N–H and O–H groups in total. The van der Waals surface area contributed by atoms with E-state index in [4.69, 9.17) is 4.74 Å². The van der Waals surface area contributed by atoms with Crippen LogP contribution in [0.1, 0.15) is 25.7 Å². The Morgan fingerprint density at radius 2 is 2.17 bits per heavy atom. The lowest BCUT2D eigenvalue weighted by Gasteiger charge is -2.27. The summed E-state index contributed by atoms with van der Waals surface area (Å²) in [6.45, 7) is 0.997. The third-order valence-electron chi connectivity index (χ3n) is 5.38. The van der Waals surface area contributed by atoms with Gasteiger partial charge in [0.2, 0.25) is 0 Å². The van der Waals surface area contributed by atoms with Gasteiger partial charge < -0.3 is 14.2 Å². The Morgan fingerprint density at radius 1 is 1.27 bits per heavy atom. The lowest BCUT2D eigenvalue weighted by molar-refractivity contribution is 0.386. The number of hydrogen-bond donors (Lipinski definition) is 0. The summed E-state index contributed by atoms with van der Waals surface area (Å²) < 4.78 is 20.8. The molecule has 3 aromatic rings. The van der Waals surface area contributed by atoms with E-state index in [2.05, 4.69) is 25.1 Å². The van der Waals surface area contributed by atoms with Crippen molar-refractivity contribution in [3.8, 4) is 17.3 Å². The molecule has 0 saturated carbocycles. The zero-order chi connectivity index (χ0) is 20.9. The van der Waals surface area contributed by atoms with Crippen LogP contribution in [0.25, 0.3) is 11.5 Å². The van der Waals surface area contributed by atoms with Gasteiger partial charge in [0.15, 0.2) is 22.5 Å². The molecule has 30 heavy (non-hydrogen) atoms. The third-order valence-corrected chi connectivity index (χ3v) is 6.49. The molecule has 1 aliphatic rings. The molecule has 0 amide bonds. The minimum absolute atomic E-state index is 0.301. The normalized spacial score (nSPS) is 16.2. The SMILES string of the molecule is COc1cc(N2CCCC2CCCSc2nnc(-c3cnccn3)n2C)ccc1F. The van der Waals surface area contributed by atoms with E-state index in [1.54, 1.807) is 36.4 Å². The average Bonchev–Trinajstić information content (AvgIpc) is 3.39. The standard InChI is InChI=1S/C21H25FN6OS/c1-27-20(18-14-23-9-10-24-18)25-26-21(27)30-12-4-6-15-5-3-11-28(15)16-7-8-17(22)19(13-16)29-2/h7-10,13-15H,3-6,11-12H2,1-2H3. The number of nitrogens with zero attached hydrogens (tertiary/aromatic N) is 6. The van der Waals surface area contributed by atoms with Gasteiger partial charge in [-0.3, -0.25) is 4.98 Å². The molecule has 2 aromatic heterocycles. The van der Waals surface area contributed by atoms with Crippen LogP contribution in [0.5, 0.6) is 5.75 Å². The van der Waals surface area contributed by atoms with Crippen LogP contribution in [0.15, 0.2) is 41.9 Å². The van der Waals surface area contributed by atoms with E-state index in [0.717, 1.165) is 60.3 Å². The maximum Gasteiger partial charge on any atom is 0.191 e. The topological polar surface area (TPSA) is 69.0 Å². The maximum atomic E-state index is 13.7. The smallest absolute Gasteiger partial charge is 0.191 e. The number of ether oxygens (including phenoxy) is 1. The molecule has 0 aliphatic carbocycles. The number of thioether (sulfide) groups is 1. The van der Waals surface area contributed by atoms with E-state index in [0.29, 0.717) is 11.8 Å². The second-order valence-corrected chi connectivity index (χ2v) is 8.32. The summed E-state index contributed by atoms with van der Waals surface area (Å²) in [6, 6.07) is 5.60. The van der Waals surface area contributed by atoms with Crippen LogP contribution in [0.4, 0.5) is 10.1 Å². The number of halogens is 1. The summed E-state index contributed by atoms with van der Waals surface area (Å²) in [5, 5.41) is 9.43. The number of aromatic nitrogens is 5. The fourth-order valence-electron chi connectivity index (χ4n) is 3.86. The third kappa shape index (κ3) is 4.40. The molecule has 1 atom stereocenters. The van der Waals surface area contributed by atoms with Crippen LogP contribution in [-0.2, 0) is 7.05 Å². The van der Waals surface area contributed by atoms with Crippen LogP contribution in [0.2, 0.25) is 0 Å². The summed E-state index contributed by atoms with van der Waals surface area (Å²) in [5.41, 5.74) is 1.75. The van der Waals surface area contributed by atoms with Gasteiger partial charge in [0.1, 0.15) is 5.69 Å². The first-order valence-electron chi connectivity index (χ1n) is 10.1. The number of hydrogen-bond acceptors (Lipinski definition) is 7. The Bertz CT molecular complexity index is 983. The van der Waals surface area contributed by atoms with Crippen LogP contribution in [-0.4, -0.2) is 50.2 Å². The Labute approximate surface area is 179 Å². The molecule has 1 unspecified atom stereocenters. The lowest BCUT2D eigenvalue weighted by Crippen LogP contribution is -2.29. The monoisotopic (exact) mass is 428 g/mol. The van der Waals surface area contributed by atoms with E-state index < -0.39 is 0 Å². The second kappa shape index (κ2) is 9.42. The fraction of sp³-hybridized carbons (Fsp3) is 0.429. The average molecular weight is 429 g/mol. The summed E-state index contributed by atoms with van der Waals surface area (Å²) in [4.78, 5) is 10.8. The first-order chi connectivity index (χ1) is 14.7. The van der Waals surface area contributed by atoms with Gasteiger partial charge >= 0.3 is 0 Å². The molecular formula is C21H25FN6OS. The zero-order valence-electron chi connectivity index (χ0n) is 17.2. The predicted octanol–water partition coefficient (Wildman–Crippen LogP) is 3.96. The summed E-state index contributed by atoms with van der Waals surface area (Å²) in [5.74, 6) is 1.66. The number of rotatable bonds is 8. The summed E-state index contributed by atoms with van der Waals surface area (Å²) >= 11 is 1.70. The van der Waals surface area contributed by atoms with Crippen molar-refractivity contribution < 1.29 is 9.13 Å². The minimum atomic E-state index is -0.321. The van der Waals surface area contributed by atoms with Crippen molar-refractivity contribution in [1.82, 2.24) is 24.7 Å². The van der Waals surface area contributed by atoms with Gasteiger partial charge in [-0.25, -0.2) is 9.37 Å². The number of anilines is 1. The van der Waals surface area contributed by atoms with E-state index in [-0.39, 0.29) is 5.82 Å². The summed E-state index contributed by atoms with van der Waals surface area (Å²) in [7, 11) is 3.45. The highest BCUT2D eigenvalue weighted by atomic mass is 32.2. The molecule has 3 heterocycles. The van der Waals surface area contributed by atoms with Gasteiger partial charge in [0, 0.05) is 49.5 Å². The summed E-state index contributed by atoms with van der Waals surface area (Å²) in [6.07, 6.45) is 9.45. The predicted molar refractivity (Wildman–Crippen MR) is 115 cm³/mol. The number of methoxy groups -OCH3 is 1. The minimum Gasteiger partial charge on any atom is -0.494 e. The van der Waals surface area contributed by atoms with Crippen molar-refractivity contribution in [3.63, 3.8) is 0 Å². The van der Waals surface area contributed by atoms with Gasteiger partial charge in [-0.15, -0.1) is 10.2 Å². The van der Waals surface area contributed by atoms with Crippen molar-refractivity contribution in [3.05, 3.63) is 42.6 Å². The van der Waals surface area contributed by atoms with E-state index >= 15 is 0 Å². The van der Waals surface area contributed by atoms with Crippen LogP contribution in [0, 0.1) is 5.82 Å². The Kier molecular flexibility index (Phi) is 6.47. The van der Waals surface area contributed by atoms with Crippen molar-refractivity contribution in [2.75, 3.05) is 24.3 Å². The van der Waals surface area contributed by atoms with Crippen molar-refractivity contribution >= 4 is 17.4 Å². The molecule has 0 spiro atoms. The van der Waals surface area contributed by atoms with Gasteiger partial charge in [0.25, 0.3) is 0 Å². The molecule has 7 nitrogen and oxygen atoms in total. The molecule has 158 valence electrons. The Hall–Kier alpha value is -2.68. The molecular weight excluding hydrogens is 403 g/mol. The van der Waals surface area contributed by atoms with Gasteiger partial charge in [-0.1, -0.05) is 11.8 Å². The lowest BCUT2D eigenvalue weighted by atomic mass is 10.1. The molecule has 0 bridgehead atoms. The molecule has 4 rings (SSSR count). The highest BCUT2D eigenvalue weighted by Gasteiger charge is 2.25. The van der Waals surface area contributed by atoms with Crippen LogP contribution in [0.3, 0.4) is 0 Å². The van der Waals surface area contributed by atoms with Crippen molar-refractivity contribution in [1.29, 1.82) is 0 Å². The molecule has 9 heteroatoms. The Balaban J connectivity index is 1.32. The highest BCUT2D eigenvalue weighted by molar-refractivity contribution is 7.99. The molecule has 1 saturated heterocycles. The first-order valence-corrected chi connectivity index (χ1v) is 11.0. The van der Waals surface area contributed by atoms with Crippen LogP contribution < -0.4 is 9.64 Å². The van der Waals surface area contributed by atoms with Crippen molar-refractivity contribution in [2.45, 2.75) is 36.9 Å². The van der Waals surface area contributed by atoms with Crippen molar-refractivity contribution in [2.24, 2.45) is 7.05 Å². The van der Waals surface area contributed by atoms with Gasteiger partial charge in [-0.05, 0) is 37.8 Å². The fourth-order valence-corrected chi connectivity index (χ4v) is 4.74. The first kappa shape index (κ1) is 20.6. The van der Waals surface area contributed by atoms with Gasteiger partial charge in [0.05, 0.1) is 13.3 Å². The van der Waals surface area contributed by atoms with E-state index in [1.165, 1.54) is 13.2 Å². The van der Waals surface area contributed by atoms with E-state index in [1.807, 2.05) is 17.7 Å². The molecule has 1 aliphatic heterocycles. The molecule has 0 radical (unpaired) electrons. The quantitative estimate of drug-likeness (QED) is 0.397.